The molecule has 5 nitrogen and oxygen atoms in total. The zero-order chi connectivity index (χ0) is 18.2. The van der Waals surface area contributed by atoms with E-state index in [4.69, 9.17) is 9.47 Å². The highest BCUT2D eigenvalue weighted by Crippen LogP contribution is 2.40. The molecule has 1 aromatic heterocycles. The fourth-order valence-electron chi connectivity index (χ4n) is 3.93. The average molecular weight is 360 g/mol. The van der Waals surface area contributed by atoms with E-state index in [1.807, 2.05) is 42.5 Å². The Morgan fingerprint density at radius 3 is 2.67 bits per heavy atom. The van der Waals surface area contributed by atoms with Crippen molar-refractivity contribution in [3.63, 3.8) is 0 Å². The summed E-state index contributed by atoms with van der Waals surface area (Å²) >= 11 is 0. The normalized spacial score (nSPS) is 16.4. The lowest BCUT2D eigenvalue weighted by molar-refractivity contribution is 0.0323. The molecule has 2 aliphatic rings. The summed E-state index contributed by atoms with van der Waals surface area (Å²) in [5.41, 5.74) is 3.17. The van der Waals surface area contributed by atoms with Crippen LogP contribution in [-0.2, 0) is 4.74 Å². The maximum atomic E-state index is 12.9. The van der Waals surface area contributed by atoms with E-state index in [0.717, 1.165) is 60.6 Å². The molecular formula is C22H20N2O3. The van der Waals surface area contributed by atoms with Crippen molar-refractivity contribution in [2.75, 3.05) is 39.5 Å². The van der Waals surface area contributed by atoms with Crippen LogP contribution in [-0.4, -0.2) is 55.1 Å². The number of pyridine rings is 1. The van der Waals surface area contributed by atoms with Gasteiger partial charge in [0.2, 0.25) is 0 Å². The van der Waals surface area contributed by atoms with Crippen molar-refractivity contribution in [3.8, 4) is 17.0 Å². The maximum absolute atomic E-state index is 12.9. The minimum absolute atomic E-state index is 0.0518. The molecule has 1 saturated heterocycles. The summed E-state index contributed by atoms with van der Waals surface area (Å²) in [4.78, 5) is 19.9. The van der Waals surface area contributed by atoms with Crippen LogP contribution in [0.25, 0.3) is 22.0 Å². The molecule has 0 bridgehead atoms. The van der Waals surface area contributed by atoms with Gasteiger partial charge in [0, 0.05) is 53.3 Å². The molecule has 3 aromatic rings. The molecule has 1 aliphatic heterocycles. The second-order valence-corrected chi connectivity index (χ2v) is 6.87. The van der Waals surface area contributed by atoms with Crippen LogP contribution in [0, 0.1) is 0 Å². The Labute approximate surface area is 157 Å². The number of fused-ring (bicyclic) bond motifs is 2. The van der Waals surface area contributed by atoms with Gasteiger partial charge < -0.3 is 9.47 Å². The molecule has 1 fully saturated rings. The smallest absolute Gasteiger partial charge is 0.194 e. The Morgan fingerprint density at radius 2 is 1.81 bits per heavy atom. The number of hydrogen-bond donors (Lipinski definition) is 0. The average Bonchev–Trinajstić information content (AvgIpc) is 2.73. The Hall–Kier alpha value is -2.76. The van der Waals surface area contributed by atoms with Gasteiger partial charge in [-0.15, -0.1) is 0 Å². The molecule has 0 N–H and O–H groups in total. The van der Waals surface area contributed by atoms with Gasteiger partial charge in [-0.1, -0.05) is 24.3 Å². The van der Waals surface area contributed by atoms with E-state index in [-0.39, 0.29) is 5.78 Å². The molecule has 0 spiro atoms. The van der Waals surface area contributed by atoms with Gasteiger partial charge in [0.05, 0.1) is 18.9 Å². The standard InChI is InChI=1S/C22H20N2O3/c25-22-16-4-2-1-3-15(16)21-20-17(7-8-23-21)19(6-5-18(20)22)27-14-11-24-9-12-26-13-10-24/h1-8H,9-14H2. The number of ether oxygens (including phenoxy) is 2. The van der Waals surface area contributed by atoms with Crippen LogP contribution >= 0.6 is 0 Å². The quantitative estimate of drug-likeness (QED) is 0.560. The van der Waals surface area contributed by atoms with E-state index >= 15 is 0 Å². The van der Waals surface area contributed by atoms with Gasteiger partial charge in [0.15, 0.2) is 5.78 Å². The largest absolute Gasteiger partial charge is 0.492 e. The molecule has 0 atom stereocenters. The Bertz CT molecular complexity index is 1030. The monoisotopic (exact) mass is 360 g/mol. The molecule has 0 amide bonds. The molecule has 5 rings (SSSR count). The van der Waals surface area contributed by atoms with E-state index in [1.54, 1.807) is 6.20 Å². The fraction of sp³-hybridized carbons (Fsp3) is 0.273. The number of nitrogens with zero attached hydrogens (tertiary/aromatic N) is 2. The lowest BCUT2D eigenvalue weighted by atomic mass is 9.85. The van der Waals surface area contributed by atoms with Crippen molar-refractivity contribution in [2.24, 2.45) is 0 Å². The molecule has 5 heteroatoms. The van der Waals surface area contributed by atoms with Crippen LogP contribution in [0.2, 0.25) is 0 Å². The summed E-state index contributed by atoms with van der Waals surface area (Å²) < 4.78 is 11.5. The zero-order valence-electron chi connectivity index (χ0n) is 15.0. The molecule has 0 radical (unpaired) electrons. The first kappa shape index (κ1) is 16.4. The van der Waals surface area contributed by atoms with Crippen molar-refractivity contribution >= 4 is 16.6 Å². The van der Waals surface area contributed by atoms with Gasteiger partial charge in [-0.05, 0) is 18.2 Å². The third kappa shape index (κ3) is 2.80. The van der Waals surface area contributed by atoms with Crippen LogP contribution in [0.5, 0.6) is 5.75 Å². The van der Waals surface area contributed by atoms with Crippen LogP contribution in [0.3, 0.4) is 0 Å². The first-order valence-corrected chi connectivity index (χ1v) is 9.31. The number of carbonyl (C=O) groups excluding carboxylic acids is 1. The van der Waals surface area contributed by atoms with E-state index in [9.17, 15) is 4.79 Å². The summed E-state index contributed by atoms with van der Waals surface area (Å²) in [6.45, 7) is 4.94. The highest BCUT2D eigenvalue weighted by atomic mass is 16.5. The number of rotatable bonds is 4. The first-order valence-electron chi connectivity index (χ1n) is 9.31. The van der Waals surface area contributed by atoms with Gasteiger partial charge in [-0.3, -0.25) is 14.7 Å². The topological polar surface area (TPSA) is 51.7 Å². The van der Waals surface area contributed by atoms with Gasteiger partial charge in [0.25, 0.3) is 0 Å². The van der Waals surface area contributed by atoms with Crippen LogP contribution in [0.4, 0.5) is 0 Å². The number of benzene rings is 2. The van der Waals surface area contributed by atoms with Gasteiger partial charge in [-0.2, -0.15) is 0 Å². The highest BCUT2D eigenvalue weighted by Gasteiger charge is 2.26. The second kappa shape index (κ2) is 6.76. The van der Waals surface area contributed by atoms with Crippen molar-refractivity contribution in [1.82, 2.24) is 9.88 Å². The van der Waals surface area contributed by atoms with Gasteiger partial charge >= 0.3 is 0 Å². The first-order chi connectivity index (χ1) is 13.3. The molecule has 2 aromatic carbocycles. The summed E-state index contributed by atoms with van der Waals surface area (Å²) in [5.74, 6) is 0.855. The van der Waals surface area contributed by atoms with Gasteiger partial charge in [0.1, 0.15) is 12.4 Å². The number of morpholine rings is 1. The molecule has 27 heavy (non-hydrogen) atoms. The highest BCUT2D eigenvalue weighted by molar-refractivity contribution is 6.25. The lowest BCUT2D eigenvalue weighted by Gasteiger charge is -2.26. The summed E-state index contributed by atoms with van der Waals surface area (Å²) in [6, 6.07) is 13.4. The molecule has 136 valence electrons. The Balaban J connectivity index is 1.50. The number of carbonyl (C=O) groups is 1. The SMILES string of the molecule is O=C1c2ccccc2-c2nccc3c(OCCN4CCOCC4)ccc1c23. The van der Waals surface area contributed by atoms with Gasteiger partial charge in [-0.25, -0.2) is 0 Å². The zero-order valence-corrected chi connectivity index (χ0v) is 15.0. The van der Waals surface area contributed by atoms with Crippen LogP contribution in [0.1, 0.15) is 15.9 Å². The van der Waals surface area contributed by atoms with Crippen molar-refractivity contribution in [1.29, 1.82) is 0 Å². The van der Waals surface area contributed by atoms with E-state index in [0.29, 0.717) is 17.7 Å². The van der Waals surface area contributed by atoms with Crippen molar-refractivity contribution in [3.05, 3.63) is 59.8 Å². The predicted octanol–water partition coefficient (Wildman–Crippen LogP) is 3.16. The number of ketones is 1. The Morgan fingerprint density at radius 1 is 1.00 bits per heavy atom. The third-order valence-corrected chi connectivity index (χ3v) is 5.33. The van der Waals surface area contributed by atoms with Crippen LogP contribution < -0.4 is 4.74 Å². The minimum Gasteiger partial charge on any atom is -0.492 e. The summed E-state index contributed by atoms with van der Waals surface area (Å²) in [7, 11) is 0. The fourth-order valence-corrected chi connectivity index (χ4v) is 3.93. The van der Waals surface area contributed by atoms with E-state index < -0.39 is 0 Å². The number of hydrogen-bond acceptors (Lipinski definition) is 5. The molecule has 1 aliphatic carbocycles. The molecular weight excluding hydrogens is 340 g/mol. The number of aromatic nitrogens is 1. The third-order valence-electron chi connectivity index (χ3n) is 5.33. The van der Waals surface area contributed by atoms with Crippen molar-refractivity contribution in [2.45, 2.75) is 0 Å². The van der Waals surface area contributed by atoms with Crippen LogP contribution in [0.15, 0.2) is 48.7 Å². The maximum Gasteiger partial charge on any atom is 0.194 e. The summed E-state index contributed by atoms with van der Waals surface area (Å²) in [6.07, 6.45) is 1.79. The predicted molar refractivity (Wildman–Crippen MR) is 103 cm³/mol. The summed E-state index contributed by atoms with van der Waals surface area (Å²) in [5, 5.41) is 1.84. The molecule has 0 saturated carbocycles. The minimum atomic E-state index is 0.0518. The van der Waals surface area contributed by atoms with E-state index in [2.05, 4.69) is 9.88 Å². The van der Waals surface area contributed by atoms with Crippen molar-refractivity contribution < 1.29 is 14.3 Å². The van der Waals surface area contributed by atoms with E-state index in [1.165, 1.54) is 0 Å². The lowest BCUT2D eigenvalue weighted by Crippen LogP contribution is -2.38. The molecule has 0 unspecified atom stereocenters. The second-order valence-electron chi connectivity index (χ2n) is 6.87. The Kier molecular flexibility index (Phi) is 4.11. The molecule has 2 heterocycles.